The van der Waals surface area contributed by atoms with Crippen LogP contribution in [0.25, 0.3) is 0 Å². The number of unbranched alkanes of at least 4 members (excludes halogenated alkanes) is 3. The van der Waals surface area contributed by atoms with E-state index in [1.165, 1.54) is 19.3 Å². The van der Waals surface area contributed by atoms with Crippen molar-refractivity contribution in [1.82, 2.24) is 0 Å². The van der Waals surface area contributed by atoms with Crippen LogP contribution in [0.3, 0.4) is 0 Å². The van der Waals surface area contributed by atoms with Crippen LogP contribution in [0.5, 0.6) is 5.75 Å². The van der Waals surface area contributed by atoms with Crippen molar-refractivity contribution in [3.63, 3.8) is 0 Å². The quantitative estimate of drug-likeness (QED) is 0.577. The molecule has 0 heterocycles. The molecule has 3 N–H and O–H groups in total. The zero-order chi connectivity index (χ0) is 12.5. The maximum Gasteiger partial charge on any atom is 0.168 e. The number of thiocarbonyl (C=S) groups is 1. The molecular formula is C13H20N2OS. The van der Waals surface area contributed by atoms with Crippen molar-refractivity contribution >= 4 is 23.0 Å². The zero-order valence-electron chi connectivity index (χ0n) is 10.2. The molecule has 3 nitrogen and oxygen atoms in total. The second-order valence-electron chi connectivity index (χ2n) is 3.92. The van der Waals surface area contributed by atoms with E-state index in [9.17, 15) is 0 Å². The summed E-state index contributed by atoms with van der Waals surface area (Å²) in [5.74, 6) is 0.884. The van der Waals surface area contributed by atoms with Crippen LogP contribution in [-0.2, 0) is 0 Å². The van der Waals surface area contributed by atoms with Crippen molar-refractivity contribution in [3.8, 4) is 5.75 Å². The van der Waals surface area contributed by atoms with Gasteiger partial charge in [0.05, 0.1) is 6.61 Å². The first-order valence-corrected chi connectivity index (χ1v) is 6.42. The molecule has 0 spiro atoms. The van der Waals surface area contributed by atoms with Gasteiger partial charge < -0.3 is 15.8 Å². The van der Waals surface area contributed by atoms with E-state index in [1.807, 2.05) is 24.3 Å². The molecule has 0 aliphatic carbocycles. The number of rotatable bonds is 7. The predicted octanol–water partition coefficient (Wildman–Crippen LogP) is 3.30. The van der Waals surface area contributed by atoms with Gasteiger partial charge in [0.1, 0.15) is 5.75 Å². The molecule has 0 aromatic heterocycles. The minimum Gasteiger partial charge on any atom is -0.494 e. The summed E-state index contributed by atoms with van der Waals surface area (Å²) in [5.41, 5.74) is 6.26. The highest BCUT2D eigenvalue weighted by Gasteiger charge is 1.96. The molecule has 0 atom stereocenters. The number of hydrogen-bond donors (Lipinski definition) is 2. The molecule has 0 unspecified atom stereocenters. The summed E-state index contributed by atoms with van der Waals surface area (Å²) >= 11 is 4.76. The van der Waals surface area contributed by atoms with Gasteiger partial charge in [-0.1, -0.05) is 26.2 Å². The van der Waals surface area contributed by atoms with Crippen molar-refractivity contribution in [2.75, 3.05) is 11.9 Å². The molecule has 17 heavy (non-hydrogen) atoms. The van der Waals surface area contributed by atoms with Gasteiger partial charge in [0.2, 0.25) is 0 Å². The predicted molar refractivity (Wildman–Crippen MR) is 76.5 cm³/mol. The lowest BCUT2D eigenvalue weighted by atomic mass is 10.2. The van der Waals surface area contributed by atoms with Gasteiger partial charge in [-0.15, -0.1) is 0 Å². The van der Waals surface area contributed by atoms with E-state index in [0.717, 1.165) is 24.5 Å². The van der Waals surface area contributed by atoms with Crippen LogP contribution >= 0.6 is 12.2 Å². The second kappa shape index (κ2) is 7.90. The first-order chi connectivity index (χ1) is 8.22. The number of nitrogens with two attached hydrogens (primary N) is 1. The van der Waals surface area contributed by atoms with Crippen LogP contribution in [-0.4, -0.2) is 11.7 Å². The lowest BCUT2D eigenvalue weighted by molar-refractivity contribution is 0.305. The fraction of sp³-hybridized carbons (Fsp3) is 0.462. The molecule has 0 radical (unpaired) electrons. The number of benzene rings is 1. The van der Waals surface area contributed by atoms with Crippen molar-refractivity contribution in [2.45, 2.75) is 32.6 Å². The fourth-order valence-corrected chi connectivity index (χ4v) is 1.61. The Morgan fingerprint density at radius 3 is 2.53 bits per heavy atom. The molecule has 0 aliphatic heterocycles. The molecule has 4 heteroatoms. The van der Waals surface area contributed by atoms with Crippen molar-refractivity contribution < 1.29 is 4.74 Å². The van der Waals surface area contributed by atoms with Crippen molar-refractivity contribution in [3.05, 3.63) is 24.3 Å². The average molecular weight is 252 g/mol. The molecule has 0 fully saturated rings. The summed E-state index contributed by atoms with van der Waals surface area (Å²) in [6.45, 7) is 2.98. The largest absolute Gasteiger partial charge is 0.494 e. The maximum absolute atomic E-state index is 5.62. The van der Waals surface area contributed by atoms with Crippen LogP contribution in [0, 0.1) is 0 Å². The van der Waals surface area contributed by atoms with Gasteiger partial charge in [-0.2, -0.15) is 0 Å². The summed E-state index contributed by atoms with van der Waals surface area (Å²) in [6, 6.07) is 7.64. The number of ether oxygens (including phenoxy) is 1. The van der Waals surface area contributed by atoms with E-state index >= 15 is 0 Å². The Labute approximate surface area is 108 Å². The minimum absolute atomic E-state index is 0.276. The first-order valence-electron chi connectivity index (χ1n) is 6.01. The molecule has 1 aromatic carbocycles. The summed E-state index contributed by atoms with van der Waals surface area (Å²) in [6.07, 6.45) is 4.87. The van der Waals surface area contributed by atoms with E-state index < -0.39 is 0 Å². The standard InChI is InChI=1S/C13H20N2OS/c1-2-3-4-5-10-16-12-8-6-11(7-9-12)15-13(14)17/h6-9H,2-5,10H2,1H3,(H3,14,15,17). The van der Waals surface area contributed by atoms with E-state index in [-0.39, 0.29) is 5.11 Å². The smallest absolute Gasteiger partial charge is 0.168 e. The Bertz CT molecular complexity index is 338. The monoisotopic (exact) mass is 252 g/mol. The SMILES string of the molecule is CCCCCCOc1ccc(NC(N)=S)cc1. The Morgan fingerprint density at radius 1 is 1.24 bits per heavy atom. The summed E-state index contributed by atoms with van der Waals surface area (Å²) in [4.78, 5) is 0. The summed E-state index contributed by atoms with van der Waals surface area (Å²) in [7, 11) is 0. The van der Waals surface area contributed by atoms with Gasteiger partial charge in [-0.05, 0) is 42.9 Å². The maximum atomic E-state index is 5.62. The van der Waals surface area contributed by atoms with Gasteiger partial charge in [-0.3, -0.25) is 0 Å². The third-order valence-corrected chi connectivity index (χ3v) is 2.49. The third kappa shape index (κ3) is 6.12. The normalized spacial score (nSPS) is 9.94. The van der Waals surface area contributed by atoms with Gasteiger partial charge in [-0.25, -0.2) is 0 Å². The van der Waals surface area contributed by atoms with E-state index in [1.54, 1.807) is 0 Å². The average Bonchev–Trinajstić information content (AvgIpc) is 2.30. The molecule has 0 bridgehead atoms. The highest BCUT2D eigenvalue weighted by atomic mass is 32.1. The lowest BCUT2D eigenvalue weighted by Crippen LogP contribution is -2.18. The van der Waals surface area contributed by atoms with E-state index in [4.69, 9.17) is 22.7 Å². The second-order valence-corrected chi connectivity index (χ2v) is 4.36. The van der Waals surface area contributed by atoms with Crippen molar-refractivity contribution in [2.24, 2.45) is 5.73 Å². The van der Waals surface area contributed by atoms with E-state index in [2.05, 4.69) is 12.2 Å². The van der Waals surface area contributed by atoms with Crippen LogP contribution in [0.4, 0.5) is 5.69 Å². The molecule has 94 valence electrons. The van der Waals surface area contributed by atoms with E-state index in [0.29, 0.717) is 0 Å². The lowest BCUT2D eigenvalue weighted by Gasteiger charge is -2.07. The molecule has 0 aliphatic rings. The van der Waals surface area contributed by atoms with Gasteiger partial charge in [0, 0.05) is 5.69 Å². The Kier molecular flexibility index (Phi) is 6.40. The molecule has 0 saturated carbocycles. The Morgan fingerprint density at radius 2 is 1.94 bits per heavy atom. The van der Waals surface area contributed by atoms with Gasteiger partial charge >= 0.3 is 0 Å². The Balaban J connectivity index is 2.28. The van der Waals surface area contributed by atoms with Crippen LogP contribution in [0.2, 0.25) is 0 Å². The van der Waals surface area contributed by atoms with Gasteiger partial charge in [0.15, 0.2) is 5.11 Å². The third-order valence-electron chi connectivity index (χ3n) is 2.39. The van der Waals surface area contributed by atoms with Crippen LogP contribution < -0.4 is 15.8 Å². The fourth-order valence-electron chi connectivity index (χ4n) is 1.50. The van der Waals surface area contributed by atoms with Crippen LogP contribution in [0.15, 0.2) is 24.3 Å². The molecular weight excluding hydrogens is 232 g/mol. The number of anilines is 1. The molecule has 0 saturated heterocycles. The first kappa shape index (κ1) is 13.8. The summed E-state index contributed by atoms with van der Waals surface area (Å²) < 4.78 is 5.62. The van der Waals surface area contributed by atoms with Crippen molar-refractivity contribution in [1.29, 1.82) is 0 Å². The molecule has 1 aromatic rings. The highest BCUT2D eigenvalue weighted by Crippen LogP contribution is 2.16. The van der Waals surface area contributed by atoms with Gasteiger partial charge in [0.25, 0.3) is 0 Å². The number of hydrogen-bond acceptors (Lipinski definition) is 2. The van der Waals surface area contributed by atoms with Crippen LogP contribution in [0.1, 0.15) is 32.6 Å². The molecule has 1 rings (SSSR count). The molecule has 0 amide bonds. The number of nitrogens with one attached hydrogen (secondary N) is 1. The minimum atomic E-state index is 0.276. The Hall–Kier alpha value is -1.29. The zero-order valence-corrected chi connectivity index (χ0v) is 11.1. The highest BCUT2D eigenvalue weighted by molar-refractivity contribution is 7.80. The summed E-state index contributed by atoms with van der Waals surface area (Å²) in [5, 5.41) is 3.15. The topological polar surface area (TPSA) is 47.3 Å².